The van der Waals surface area contributed by atoms with Crippen molar-refractivity contribution in [1.29, 1.82) is 0 Å². The fourth-order valence-corrected chi connectivity index (χ4v) is 5.74. The zero-order chi connectivity index (χ0) is 25.8. The Morgan fingerprint density at radius 1 is 1.08 bits per heavy atom. The molecule has 6 nitrogen and oxygen atoms in total. The third kappa shape index (κ3) is 6.36. The van der Waals surface area contributed by atoms with Crippen LogP contribution in [0.25, 0.3) is 6.08 Å². The van der Waals surface area contributed by atoms with Gasteiger partial charge in [-0.3, -0.25) is 19.3 Å². The number of hydrogen-bond acceptors (Lipinski definition) is 5. The van der Waals surface area contributed by atoms with E-state index < -0.39 is 23.6 Å². The minimum absolute atomic E-state index is 0.0271. The van der Waals surface area contributed by atoms with Crippen LogP contribution < -0.4 is 10.1 Å². The monoisotopic (exact) mass is 652 g/mol. The highest BCUT2D eigenvalue weighted by Gasteiger charge is 2.36. The van der Waals surface area contributed by atoms with E-state index in [4.69, 9.17) is 16.3 Å². The molecule has 3 amide bonds. The van der Waals surface area contributed by atoms with Crippen molar-refractivity contribution in [2.24, 2.45) is 0 Å². The highest BCUT2D eigenvalue weighted by molar-refractivity contribution is 9.11. The molecule has 0 spiro atoms. The number of rotatable bonds is 7. The van der Waals surface area contributed by atoms with Crippen molar-refractivity contribution in [3.63, 3.8) is 0 Å². The van der Waals surface area contributed by atoms with Crippen molar-refractivity contribution < 1.29 is 23.5 Å². The van der Waals surface area contributed by atoms with Crippen LogP contribution in [0.2, 0.25) is 5.02 Å². The van der Waals surface area contributed by atoms with E-state index in [-0.39, 0.29) is 17.3 Å². The third-order valence-corrected chi connectivity index (χ3v) is 7.25. The van der Waals surface area contributed by atoms with Gasteiger partial charge in [0.05, 0.1) is 13.9 Å². The van der Waals surface area contributed by atoms with Crippen molar-refractivity contribution in [3.05, 3.63) is 96.5 Å². The van der Waals surface area contributed by atoms with E-state index in [1.165, 1.54) is 6.07 Å². The average molecular weight is 655 g/mol. The summed E-state index contributed by atoms with van der Waals surface area (Å²) < 4.78 is 20.8. The van der Waals surface area contributed by atoms with E-state index in [2.05, 4.69) is 37.2 Å². The van der Waals surface area contributed by atoms with Crippen LogP contribution in [0.3, 0.4) is 0 Å². The van der Waals surface area contributed by atoms with E-state index in [0.717, 1.165) is 16.7 Å². The van der Waals surface area contributed by atoms with Crippen LogP contribution in [0.5, 0.6) is 5.75 Å². The number of nitrogens with zero attached hydrogens (tertiary/aromatic N) is 1. The summed E-state index contributed by atoms with van der Waals surface area (Å²) in [4.78, 5) is 38.7. The second-order valence-corrected chi connectivity index (χ2v) is 10.7. The minimum Gasteiger partial charge on any atom is -0.486 e. The highest BCUT2D eigenvalue weighted by atomic mass is 79.9. The summed E-state index contributed by atoms with van der Waals surface area (Å²) in [5, 5.41) is 2.52. The Bertz CT molecular complexity index is 1380. The van der Waals surface area contributed by atoms with E-state index in [1.54, 1.807) is 60.7 Å². The van der Waals surface area contributed by atoms with E-state index in [0.29, 0.717) is 36.5 Å². The molecule has 0 atom stereocenters. The van der Waals surface area contributed by atoms with E-state index in [1.807, 2.05) is 0 Å². The molecule has 3 aromatic carbocycles. The topological polar surface area (TPSA) is 75.7 Å². The maximum absolute atomic E-state index is 13.9. The zero-order valence-corrected chi connectivity index (χ0v) is 23.0. The lowest BCUT2D eigenvalue weighted by Gasteiger charge is -2.13. The second kappa shape index (κ2) is 11.6. The molecule has 11 heteroatoms. The number of anilines is 1. The molecule has 0 unspecified atom stereocenters. The van der Waals surface area contributed by atoms with Crippen molar-refractivity contribution in [2.45, 2.75) is 6.61 Å². The van der Waals surface area contributed by atoms with Gasteiger partial charge in [0.25, 0.3) is 11.1 Å². The largest absolute Gasteiger partial charge is 0.486 e. The van der Waals surface area contributed by atoms with Gasteiger partial charge in [-0.1, -0.05) is 35.9 Å². The summed E-state index contributed by atoms with van der Waals surface area (Å²) in [6, 6.07) is 16.3. The first-order valence-corrected chi connectivity index (χ1v) is 13.2. The smallest absolute Gasteiger partial charge is 0.294 e. The summed E-state index contributed by atoms with van der Waals surface area (Å²) in [5.74, 6) is -0.999. The number of carbonyl (C=O) groups is 3. The molecular weight excluding hydrogens is 639 g/mol. The molecule has 1 aliphatic rings. The number of thioether (sulfide) groups is 1. The van der Waals surface area contributed by atoms with Gasteiger partial charge >= 0.3 is 0 Å². The van der Waals surface area contributed by atoms with Crippen molar-refractivity contribution in [1.82, 2.24) is 4.90 Å². The number of nitrogens with one attached hydrogen (secondary N) is 1. The van der Waals surface area contributed by atoms with Gasteiger partial charge < -0.3 is 10.1 Å². The number of carbonyl (C=O) groups excluding carboxylic acids is 3. The molecule has 0 aromatic heterocycles. The molecule has 3 aromatic rings. The highest BCUT2D eigenvalue weighted by Crippen LogP contribution is 2.38. The Hall–Kier alpha value is -2.66. The SMILES string of the molecule is O=C(CN1C(=O)S/C(=C/c2cc(Br)c(OCc3ccccc3F)c(Br)c2)C1=O)Nc1cccc(Cl)c1. The first-order chi connectivity index (χ1) is 17.2. The molecule has 0 aliphatic carbocycles. The van der Waals surface area contributed by atoms with Crippen LogP contribution >= 0.6 is 55.2 Å². The standard InChI is InChI=1S/C25H16Br2ClFN2O4S/c26-18-8-14(9-19(27)23(18)35-13-15-4-1-2-7-20(15)29)10-21-24(33)31(25(34)36-21)12-22(32)30-17-6-3-5-16(28)11-17/h1-11H,12-13H2,(H,30,32)/b21-10+. The average Bonchev–Trinajstić information content (AvgIpc) is 3.07. The van der Waals surface area contributed by atoms with Gasteiger partial charge in [-0.25, -0.2) is 4.39 Å². The van der Waals surface area contributed by atoms with Crippen LogP contribution in [-0.4, -0.2) is 28.5 Å². The van der Waals surface area contributed by atoms with Gasteiger partial charge in [-0.05, 0) is 91.7 Å². The fourth-order valence-electron chi connectivity index (χ4n) is 3.26. The lowest BCUT2D eigenvalue weighted by molar-refractivity contribution is -0.127. The van der Waals surface area contributed by atoms with Crippen LogP contribution in [0.1, 0.15) is 11.1 Å². The molecular formula is C25H16Br2ClFN2O4S. The fraction of sp³-hybridized carbons (Fsp3) is 0.0800. The van der Waals surface area contributed by atoms with Crippen molar-refractivity contribution >= 4 is 84.0 Å². The molecule has 0 radical (unpaired) electrons. The van der Waals surface area contributed by atoms with Gasteiger partial charge in [-0.15, -0.1) is 0 Å². The summed E-state index contributed by atoms with van der Waals surface area (Å²) in [7, 11) is 0. The molecule has 184 valence electrons. The second-order valence-electron chi connectivity index (χ2n) is 7.52. The molecule has 0 bridgehead atoms. The lowest BCUT2D eigenvalue weighted by Crippen LogP contribution is -2.36. The van der Waals surface area contributed by atoms with E-state index >= 15 is 0 Å². The predicted molar refractivity (Wildman–Crippen MR) is 145 cm³/mol. The maximum Gasteiger partial charge on any atom is 0.294 e. The predicted octanol–water partition coefficient (Wildman–Crippen LogP) is 7.26. The third-order valence-electron chi connectivity index (χ3n) is 4.93. The summed E-state index contributed by atoms with van der Waals surface area (Å²) in [5.41, 5.74) is 1.48. The Morgan fingerprint density at radius 2 is 1.81 bits per heavy atom. The molecule has 1 N–H and O–H groups in total. The molecule has 1 heterocycles. The Kier molecular flexibility index (Phi) is 8.50. The quantitative estimate of drug-likeness (QED) is 0.272. The van der Waals surface area contributed by atoms with Gasteiger partial charge in [0.1, 0.15) is 24.7 Å². The molecule has 1 aliphatic heterocycles. The molecule has 1 fully saturated rings. The number of halogens is 4. The number of hydrogen-bond donors (Lipinski definition) is 1. The summed E-state index contributed by atoms with van der Waals surface area (Å²) >= 11 is 13.5. The maximum atomic E-state index is 13.9. The van der Waals surface area contributed by atoms with Crippen molar-refractivity contribution in [3.8, 4) is 5.75 Å². The number of imide groups is 1. The first-order valence-electron chi connectivity index (χ1n) is 10.4. The molecule has 36 heavy (non-hydrogen) atoms. The van der Waals surface area contributed by atoms with Crippen LogP contribution in [0, 0.1) is 5.82 Å². The van der Waals surface area contributed by atoms with Crippen LogP contribution in [-0.2, 0) is 16.2 Å². The minimum atomic E-state index is -0.571. The van der Waals surface area contributed by atoms with Crippen LogP contribution in [0.4, 0.5) is 14.9 Å². The first kappa shape index (κ1) is 26.4. The molecule has 0 saturated carbocycles. The van der Waals surface area contributed by atoms with Crippen molar-refractivity contribution in [2.75, 3.05) is 11.9 Å². The van der Waals surface area contributed by atoms with Gasteiger partial charge in [0.2, 0.25) is 5.91 Å². The number of amides is 3. The Morgan fingerprint density at radius 3 is 2.50 bits per heavy atom. The number of ether oxygens (including phenoxy) is 1. The Balaban J connectivity index is 1.44. The zero-order valence-electron chi connectivity index (χ0n) is 18.3. The molecule has 1 saturated heterocycles. The van der Waals surface area contributed by atoms with Gasteiger partial charge in [-0.2, -0.15) is 0 Å². The number of benzene rings is 3. The summed E-state index contributed by atoms with van der Waals surface area (Å²) in [6.45, 7) is -0.399. The Labute approximate surface area is 232 Å². The normalized spacial score (nSPS) is 14.4. The van der Waals surface area contributed by atoms with Gasteiger partial charge in [0.15, 0.2) is 0 Å². The lowest BCUT2D eigenvalue weighted by atomic mass is 10.2. The van der Waals surface area contributed by atoms with Crippen LogP contribution in [0.15, 0.2) is 74.5 Å². The van der Waals surface area contributed by atoms with Gasteiger partial charge in [0, 0.05) is 16.3 Å². The van der Waals surface area contributed by atoms with E-state index in [9.17, 15) is 18.8 Å². The summed E-state index contributed by atoms with van der Waals surface area (Å²) in [6.07, 6.45) is 1.55. The molecule has 4 rings (SSSR count).